The van der Waals surface area contributed by atoms with Crippen LogP contribution in [0.25, 0.3) is 0 Å². The van der Waals surface area contributed by atoms with Gasteiger partial charge in [0.1, 0.15) is 11.6 Å². The summed E-state index contributed by atoms with van der Waals surface area (Å²) in [7, 11) is -3.82. The number of hydrogen-bond acceptors (Lipinski definition) is 5. The van der Waals surface area contributed by atoms with Gasteiger partial charge in [-0.25, -0.2) is 17.2 Å². The van der Waals surface area contributed by atoms with Crippen molar-refractivity contribution in [3.05, 3.63) is 99.6 Å². The van der Waals surface area contributed by atoms with Crippen LogP contribution in [0.3, 0.4) is 0 Å². The van der Waals surface area contributed by atoms with Crippen molar-refractivity contribution in [3.63, 3.8) is 0 Å². The van der Waals surface area contributed by atoms with Crippen molar-refractivity contribution in [2.45, 2.75) is 27.9 Å². The maximum atomic E-state index is 13.5. The third kappa shape index (κ3) is 5.07. The summed E-state index contributed by atoms with van der Waals surface area (Å²) < 4.78 is 54.0. The predicted molar refractivity (Wildman–Crippen MR) is 122 cm³/mol. The average Bonchev–Trinajstić information content (AvgIpc) is 3.35. The van der Waals surface area contributed by atoms with Crippen LogP contribution in [-0.2, 0) is 10.0 Å². The lowest BCUT2D eigenvalue weighted by molar-refractivity contribution is -0.388. The largest absolute Gasteiger partial charge is 0.284 e. The Morgan fingerprint density at radius 1 is 0.879 bits per heavy atom. The summed E-state index contributed by atoms with van der Waals surface area (Å²) in [4.78, 5) is 11.4. The van der Waals surface area contributed by atoms with E-state index in [1.807, 2.05) is 0 Å². The predicted octanol–water partition coefficient (Wildman–Crippen LogP) is 5.54. The van der Waals surface area contributed by atoms with Gasteiger partial charge in [-0.3, -0.25) is 10.1 Å². The molecule has 0 radical (unpaired) electrons. The molecule has 0 unspecified atom stereocenters. The van der Waals surface area contributed by atoms with Crippen molar-refractivity contribution in [2.75, 3.05) is 13.1 Å². The molecule has 0 bridgehead atoms. The van der Waals surface area contributed by atoms with Gasteiger partial charge in [-0.2, -0.15) is 4.31 Å². The highest BCUT2D eigenvalue weighted by molar-refractivity contribution is 7.99. The first-order chi connectivity index (χ1) is 15.8. The summed E-state index contributed by atoms with van der Waals surface area (Å²) >= 11 is 1.12. The van der Waals surface area contributed by atoms with Gasteiger partial charge in [0.25, 0.3) is 5.69 Å². The first-order valence-electron chi connectivity index (χ1n) is 10.2. The first-order valence-corrected chi connectivity index (χ1v) is 12.5. The fourth-order valence-corrected chi connectivity index (χ4v) is 6.49. The van der Waals surface area contributed by atoms with Crippen LogP contribution < -0.4 is 0 Å². The summed E-state index contributed by atoms with van der Waals surface area (Å²) in [6.45, 7) is 0.785. The molecular weight excluding hydrogens is 470 g/mol. The number of nitrogens with zero attached hydrogens (tertiary/aromatic N) is 2. The van der Waals surface area contributed by atoms with Gasteiger partial charge in [0.15, 0.2) is 0 Å². The van der Waals surface area contributed by atoms with E-state index < -0.39 is 31.8 Å². The summed E-state index contributed by atoms with van der Waals surface area (Å²) in [5.41, 5.74) is 0.988. The van der Waals surface area contributed by atoms with E-state index in [1.54, 1.807) is 24.3 Å². The molecule has 33 heavy (non-hydrogen) atoms. The quantitative estimate of drug-likeness (QED) is 0.247. The van der Waals surface area contributed by atoms with Crippen LogP contribution in [0.5, 0.6) is 0 Å². The van der Waals surface area contributed by atoms with Crippen LogP contribution in [0.15, 0.2) is 76.5 Å². The maximum absolute atomic E-state index is 13.5. The molecular formula is C23H20F2N2O4S2. The second kappa shape index (κ2) is 9.58. The highest BCUT2D eigenvalue weighted by atomic mass is 32.2. The molecule has 0 aromatic heterocycles. The van der Waals surface area contributed by atoms with Gasteiger partial charge in [-0.05, 0) is 60.4 Å². The second-order valence-electron chi connectivity index (χ2n) is 7.60. The number of hydrogen-bond donors (Lipinski definition) is 0. The molecule has 1 saturated heterocycles. The number of halogens is 2. The number of nitro benzene ring substituents is 1. The molecule has 0 atom stereocenters. The number of benzene rings is 3. The molecule has 0 aliphatic carbocycles. The first kappa shape index (κ1) is 23.3. The fourth-order valence-electron chi connectivity index (χ4n) is 3.71. The Bertz CT molecular complexity index is 1220. The monoisotopic (exact) mass is 490 g/mol. The van der Waals surface area contributed by atoms with Crippen molar-refractivity contribution in [3.8, 4) is 0 Å². The molecule has 1 aliphatic heterocycles. The average molecular weight is 491 g/mol. The molecule has 10 heteroatoms. The van der Waals surface area contributed by atoms with E-state index in [0.29, 0.717) is 24.2 Å². The third-order valence-corrected chi connectivity index (χ3v) is 8.69. The summed E-state index contributed by atoms with van der Waals surface area (Å²) in [5, 5.41) is 11.3. The smallest absolute Gasteiger partial charge is 0.258 e. The van der Waals surface area contributed by atoms with Gasteiger partial charge in [-0.1, -0.05) is 24.3 Å². The molecule has 1 fully saturated rings. The normalized spacial score (nSPS) is 14.6. The Balaban J connectivity index is 1.74. The van der Waals surface area contributed by atoms with Crippen LogP contribution in [0, 0.1) is 21.7 Å². The van der Waals surface area contributed by atoms with Crippen LogP contribution in [-0.4, -0.2) is 30.7 Å². The highest BCUT2D eigenvalue weighted by Crippen LogP contribution is 2.44. The zero-order chi connectivity index (χ0) is 23.6. The molecule has 3 aromatic carbocycles. The van der Waals surface area contributed by atoms with Crippen LogP contribution >= 0.6 is 11.8 Å². The van der Waals surface area contributed by atoms with Gasteiger partial charge < -0.3 is 0 Å². The molecule has 1 heterocycles. The minimum atomic E-state index is -3.82. The van der Waals surface area contributed by atoms with Crippen LogP contribution in [0.4, 0.5) is 14.5 Å². The number of rotatable bonds is 7. The van der Waals surface area contributed by atoms with E-state index >= 15 is 0 Å². The minimum absolute atomic E-state index is 0.124. The van der Waals surface area contributed by atoms with Crippen molar-refractivity contribution in [2.24, 2.45) is 0 Å². The van der Waals surface area contributed by atoms with Crippen molar-refractivity contribution < 1.29 is 22.1 Å². The Labute approximate surface area is 194 Å². The van der Waals surface area contributed by atoms with E-state index in [1.165, 1.54) is 40.7 Å². The van der Waals surface area contributed by atoms with E-state index in [-0.39, 0.29) is 15.5 Å². The Kier molecular flexibility index (Phi) is 6.78. The Morgan fingerprint density at radius 3 is 1.88 bits per heavy atom. The zero-order valence-corrected chi connectivity index (χ0v) is 19.0. The summed E-state index contributed by atoms with van der Waals surface area (Å²) in [6.07, 6.45) is 1.51. The second-order valence-corrected chi connectivity index (χ2v) is 10.7. The number of sulfonamides is 1. The van der Waals surface area contributed by atoms with Gasteiger partial charge >= 0.3 is 0 Å². The SMILES string of the molecule is O=[N+]([O-])c1cc(S(=O)(=O)N2CCCC2)ccc1SC(c1ccc(F)cc1)c1ccc(F)cc1. The van der Waals surface area contributed by atoms with Gasteiger partial charge in [0.2, 0.25) is 10.0 Å². The van der Waals surface area contributed by atoms with E-state index in [9.17, 15) is 27.3 Å². The van der Waals surface area contributed by atoms with Gasteiger partial charge in [0.05, 0.1) is 20.0 Å². The minimum Gasteiger partial charge on any atom is -0.258 e. The standard InChI is InChI=1S/C23H20F2N2O4S2/c24-18-7-3-16(4-8-18)23(17-5-9-19(25)10-6-17)32-22-12-11-20(15-21(22)27(28)29)33(30,31)26-13-1-2-14-26/h3-12,15,23H,1-2,13-14H2. The number of nitro groups is 1. The molecule has 172 valence electrons. The van der Waals surface area contributed by atoms with Gasteiger partial charge in [0, 0.05) is 19.2 Å². The summed E-state index contributed by atoms with van der Waals surface area (Å²) in [5.74, 6) is -0.854. The highest BCUT2D eigenvalue weighted by Gasteiger charge is 2.30. The lowest BCUT2D eigenvalue weighted by Gasteiger charge is -2.19. The molecule has 1 aliphatic rings. The molecule has 3 aromatic rings. The molecule has 4 rings (SSSR count). The summed E-state index contributed by atoms with van der Waals surface area (Å²) in [6, 6.07) is 15.3. The van der Waals surface area contributed by atoms with Crippen LogP contribution in [0.2, 0.25) is 0 Å². The zero-order valence-electron chi connectivity index (χ0n) is 17.4. The topological polar surface area (TPSA) is 80.5 Å². The lowest BCUT2D eigenvalue weighted by Crippen LogP contribution is -2.27. The Hall–Kier alpha value is -2.82. The van der Waals surface area contributed by atoms with Crippen molar-refractivity contribution >= 4 is 27.5 Å². The molecule has 0 amide bonds. The maximum Gasteiger partial charge on any atom is 0.284 e. The molecule has 0 spiro atoms. The number of thioether (sulfide) groups is 1. The third-order valence-electron chi connectivity index (χ3n) is 5.42. The Morgan fingerprint density at radius 2 is 1.39 bits per heavy atom. The molecule has 0 saturated carbocycles. The van der Waals surface area contributed by atoms with Crippen molar-refractivity contribution in [1.29, 1.82) is 0 Å². The van der Waals surface area contributed by atoms with Crippen molar-refractivity contribution in [1.82, 2.24) is 4.31 Å². The van der Waals surface area contributed by atoms with E-state index in [2.05, 4.69) is 0 Å². The van der Waals surface area contributed by atoms with Gasteiger partial charge in [-0.15, -0.1) is 11.8 Å². The lowest BCUT2D eigenvalue weighted by atomic mass is 10.0. The van der Waals surface area contributed by atoms with E-state index in [4.69, 9.17) is 0 Å². The molecule has 6 nitrogen and oxygen atoms in total. The van der Waals surface area contributed by atoms with Crippen LogP contribution in [0.1, 0.15) is 29.2 Å². The van der Waals surface area contributed by atoms with E-state index in [0.717, 1.165) is 30.7 Å². The fraction of sp³-hybridized carbons (Fsp3) is 0.217. The molecule has 0 N–H and O–H groups in total.